The van der Waals surface area contributed by atoms with Crippen LogP contribution in [0.4, 0.5) is 5.69 Å². The van der Waals surface area contributed by atoms with E-state index in [2.05, 4.69) is 10.1 Å². The molecule has 0 aliphatic heterocycles. The number of halogens is 2. The Balaban J connectivity index is 2.24. The Hall–Kier alpha value is -1.52. The van der Waals surface area contributed by atoms with E-state index in [0.29, 0.717) is 10.9 Å². The summed E-state index contributed by atoms with van der Waals surface area (Å²) in [5, 5.41) is 4.69. The lowest BCUT2D eigenvalue weighted by molar-refractivity contribution is 0.880. The van der Waals surface area contributed by atoms with Crippen molar-refractivity contribution >= 4 is 34.7 Å². The van der Waals surface area contributed by atoms with E-state index < -0.39 is 0 Å². The molecule has 0 bridgehead atoms. The summed E-state index contributed by atoms with van der Waals surface area (Å²) in [5.74, 6) is 0.609. The fourth-order valence-electron chi connectivity index (χ4n) is 1.32. The molecule has 2 aromatic rings. The molecule has 1 heterocycles. The Morgan fingerprint density at radius 2 is 2.06 bits per heavy atom. The molecule has 88 valence electrons. The number of alkyl halides is 1. The monoisotopic (exact) mass is 268 g/mol. The number of hydrogen-bond acceptors (Lipinski definition) is 2. The number of aromatic nitrogens is 2. The first-order valence-electron chi connectivity index (χ1n) is 4.88. The maximum atomic E-state index is 5.79. The lowest BCUT2D eigenvalue weighted by atomic mass is 10.3. The topological polar surface area (TPSA) is 56.2 Å². The number of hydrogen-bond donors (Lipinski definition) is 1. The van der Waals surface area contributed by atoms with Crippen LogP contribution in [0.25, 0.3) is 5.69 Å². The Labute approximate surface area is 109 Å². The van der Waals surface area contributed by atoms with Crippen LogP contribution in [-0.2, 0) is 0 Å². The Morgan fingerprint density at radius 1 is 1.35 bits per heavy atom. The predicted molar refractivity (Wildman–Crippen MR) is 70.6 cm³/mol. The second-order valence-corrected chi connectivity index (χ2v) is 4.06. The van der Waals surface area contributed by atoms with Gasteiger partial charge in [-0.15, -0.1) is 11.6 Å². The predicted octanol–water partition coefficient (Wildman–Crippen LogP) is 2.75. The van der Waals surface area contributed by atoms with Gasteiger partial charge in [0.2, 0.25) is 0 Å². The van der Waals surface area contributed by atoms with Gasteiger partial charge >= 0.3 is 0 Å². The summed E-state index contributed by atoms with van der Waals surface area (Å²) in [4.78, 5) is 4.12. The molecule has 0 aliphatic rings. The van der Waals surface area contributed by atoms with Crippen LogP contribution < -0.4 is 5.73 Å². The van der Waals surface area contributed by atoms with Crippen LogP contribution in [0.3, 0.4) is 0 Å². The van der Waals surface area contributed by atoms with Gasteiger partial charge in [-0.1, -0.05) is 11.6 Å². The molecule has 0 radical (unpaired) electrons. The van der Waals surface area contributed by atoms with Crippen LogP contribution in [-0.4, -0.2) is 21.5 Å². The maximum Gasteiger partial charge on any atom is 0.115 e. The van der Waals surface area contributed by atoms with Crippen molar-refractivity contribution in [3.05, 3.63) is 41.7 Å². The average molecular weight is 269 g/mol. The molecule has 0 saturated carbocycles. The second-order valence-electron chi connectivity index (χ2n) is 3.36. The first kappa shape index (κ1) is 12.0. The van der Waals surface area contributed by atoms with E-state index in [1.165, 1.54) is 0 Å². The van der Waals surface area contributed by atoms with Crippen LogP contribution in [0.15, 0.2) is 41.7 Å². The van der Waals surface area contributed by atoms with Crippen LogP contribution in [0.1, 0.15) is 0 Å². The van der Waals surface area contributed by atoms with Crippen molar-refractivity contribution in [1.29, 1.82) is 0 Å². The normalized spacial score (nSPS) is 11.8. The number of rotatable bonds is 3. The third-order valence-corrected chi connectivity index (χ3v) is 2.54. The molecular formula is C11H10Cl2N4. The van der Waals surface area contributed by atoms with Gasteiger partial charge in [0.15, 0.2) is 0 Å². The molecule has 2 N–H and O–H groups in total. The molecule has 0 fully saturated rings. The fourth-order valence-corrected chi connectivity index (χ4v) is 1.51. The maximum absolute atomic E-state index is 5.79. The van der Waals surface area contributed by atoms with Crippen molar-refractivity contribution in [1.82, 2.24) is 9.78 Å². The van der Waals surface area contributed by atoms with E-state index in [9.17, 15) is 0 Å². The zero-order valence-corrected chi connectivity index (χ0v) is 10.4. The molecule has 0 aliphatic carbocycles. The quantitative estimate of drug-likeness (QED) is 0.529. The zero-order valence-electron chi connectivity index (χ0n) is 8.85. The SMILES string of the molecule is NC(CCl)=Nc1ccc(-n2cc(Cl)cn2)cc1. The van der Waals surface area contributed by atoms with Crippen molar-refractivity contribution in [2.75, 3.05) is 5.88 Å². The van der Waals surface area contributed by atoms with Crippen LogP contribution in [0, 0.1) is 0 Å². The molecule has 17 heavy (non-hydrogen) atoms. The summed E-state index contributed by atoms with van der Waals surface area (Å²) >= 11 is 11.3. The number of benzene rings is 1. The van der Waals surface area contributed by atoms with Gasteiger partial charge in [-0.05, 0) is 24.3 Å². The average Bonchev–Trinajstić information content (AvgIpc) is 2.77. The molecule has 0 atom stereocenters. The summed E-state index contributed by atoms with van der Waals surface area (Å²) in [6.07, 6.45) is 3.31. The molecule has 0 amide bonds. The Bertz CT molecular complexity index is 531. The number of aliphatic imine (C=N–C) groups is 1. The Morgan fingerprint density at radius 3 is 2.59 bits per heavy atom. The molecule has 0 saturated heterocycles. The highest BCUT2D eigenvalue weighted by molar-refractivity contribution is 6.30. The van der Waals surface area contributed by atoms with E-state index in [0.717, 1.165) is 11.4 Å². The largest absolute Gasteiger partial charge is 0.386 e. The smallest absolute Gasteiger partial charge is 0.115 e. The molecule has 1 aromatic heterocycles. The highest BCUT2D eigenvalue weighted by atomic mass is 35.5. The highest BCUT2D eigenvalue weighted by Crippen LogP contribution is 2.17. The molecule has 1 aromatic carbocycles. The second kappa shape index (κ2) is 5.21. The highest BCUT2D eigenvalue weighted by Gasteiger charge is 1.99. The van der Waals surface area contributed by atoms with Gasteiger partial charge < -0.3 is 5.73 Å². The first-order chi connectivity index (χ1) is 8.19. The summed E-state index contributed by atoms with van der Waals surface area (Å²) in [5.41, 5.74) is 7.20. The van der Waals surface area contributed by atoms with Crippen molar-refractivity contribution in [2.24, 2.45) is 10.7 Å². The van der Waals surface area contributed by atoms with Gasteiger partial charge in [0.1, 0.15) is 5.84 Å². The van der Waals surface area contributed by atoms with Crippen LogP contribution in [0.5, 0.6) is 0 Å². The van der Waals surface area contributed by atoms with Crippen molar-refractivity contribution in [2.45, 2.75) is 0 Å². The third kappa shape index (κ3) is 2.99. The number of amidine groups is 1. The van der Waals surface area contributed by atoms with Crippen molar-refractivity contribution in [3.8, 4) is 5.69 Å². The first-order valence-corrected chi connectivity index (χ1v) is 5.80. The van der Waals surface area contributed by atoms with Gasteiger partial charge in [0, 0.05) is 6.20 Å². The molecule has 0 spiro atoms. The minimum atomic E-state index is 0.219. The van der Waals surface area contributed by atoms with Gasteiger partial charge in [-0.2, -0.15) is 5.10 Å². The summed E-state index contributed by atoms with van der Waals surface area (Å²) in [7, 11) is 0. The molecule has 0 unspecified atom stereocenters. The van der Waals surface area contributed by atoms with Gasteiger partial charge in [0.25, 0.3) is 0 Å². The third-order valence-electron chi connectivity index (χ3n) is 2.07. The van der Waals surface area contributed by atoms with Crippen LogP contribution in [0.2, 0.25) is 5.02 Å². The van der Waals surface area contributed by atoms with Gasteiger partial charge in [-0.3, -0.25) is 0 Å². The summed E-state index contributed by atoms with van der Waals surface area (Å²) in [6, 6.07) is 7.43. The van der Waals surface area contributed by atoms with Gasteiger partial charge in [0.05, 0.1) is 28.5 Å². The van der Waals surface area contributed by atoms with Gasteiger partial charge in [-0.25, -0.2) is 9.67 Å². The minimum Gasteiger partial charge on any atom is -0.386 e. The zero-order chi connectivity index (χ0) is 12.3. The molecule has 4 nitrogen and oxygen atoms in total. The van der Waals surface area contributed by atoms with E-state index in [1.54, 1.807) is 17.1 Å². The fraction of sp³-hybridized carbons (Fsp3) is 0.0909. The molecule has 2 rings (SSSR count). The van der Waals surface area contributed by atoms with Crippen LogP contribution >= 0.6 is 23.2 Å². The van der Waals surface area contributed by atoms with Crippen molar-refractivity contribution in [3.63, 3.8) is 0 Å². The number of nitrogens with two attached hydrogens (primary N) is 1. The standard InChI is InChI=1S/C11H10Cl2N4/c12-5-11(14)16-9-1-3-10(4-2-9)17-7-8(13)6-15-17/h1-4,6-7H,5H2,(H2,14,16). The summed E-state index contributed by atoms with van der Waals surface area (Å²) < 4.78 is 1.68. The van der Waals surface area contributed by atoms with E-state index in [4.69, 9.17) is 28.9 Å². The lowest BCUT2D eigenvalue weighted by Gasteiger charge is -2.01. The molecule has 6 heteroatoms. The van der Waals surface area contributed by atoms with E-state index in [1.807, 2.05) is 24.3 Å². The van der Waals surface area contributed by atoms with Crippen molar-refractivity contribution < 1.29 is 0 Å². The summed E-state index contributed by atoms with van der Waals surface area (Å²) in [6.45, 7) is 0. The number of nitrogens with zero attached hydrogens (tertiary/aromatic N) is 3. The minimum absolute atomic E-state index is 0.219. The molecular weight excluding hydrogens is 259 g/mol. The van der Waals surface area contributed by atoms with E-state index >= 15 is 0 Å². The Kier molecular flexibility index (Phi) is 3.66. The lowest BCUT2D eigenvalue weighted by Crippen LogP contribution is -2.12. The van der Waals surface area contributed by atoms with E-state index in [-0.39, 0.29) is 5.88 Å².